The summed E-state index contributed by atoms with van der Waals surface area (Å²) in [6.45, 7) is 1.82. The van der Waals surface area contributed by atoms with E-state index < -0.39 is 12.6 Å². The van der Waals surface area contributed by atoms with Gasteiger partial charge in [0.15, 0.2) is 0 Å². The smallest absolute Gasteiger partial charge is 0.330 e. The third-order valence-electron chi connectivity index (χ3n) is 3.01. The van der Waals surface area contributed by atoms with E-state index in [4.69, 9.17) is 5.73 Å². The van der Waals surface area contributed by atoms with Crippen molar-refractivity contribution in [2.75, 3.05) is 19.6 Å². The van der Waals surface area contributed by atoms with Gasteiger partial charge in [-0.15, -0.1) is 0 Å². The first-order chi connectivity index (χ1) is 9.03. The van der Waals surface area contributed by atoms with Crippen LogP contribution >= 0.6 is 0 Å². The van der Waals surface area contributed by atoms with Crippen LogP contribution in [0.3, 0.4) is 0 Å². The lowest BCUT2D eigenvalue weighted by Crippen LogP contribution is -2.27. The highest BCUT2D eigenvalue weighted by Gasteiger charge is 2.25. The molecule has 0 aromatic heterocycles. The van der Waals surface area contributed by atoms with E-state index in [0.29, 0.717) is 26.1 Å². The van der Waals surface area contributed by atoms with E-state index in [1.807, 2.05) is 30.3 Å². The van der Waals surface area contributed by atoms with Crippen LogP contribution in [-0.4, -0.2) is 25.8 Å². The number of nitrogens with one attached hydrogen (secondary N) is 1. The lowest BCUT2D eigenvalue weighted by molar-refractivity contribution is -0.135. The molecule has 0 aliphatic rings. The first-order valence-corrected chi connectivity index (χ1v) is 6.55. The summed E-state index contributed by atoms with van der Waals surface area (Å²) in [6.07, 6.45) is -4.03. The predicted octanol–water partition coefficient (Wildman–Crippen LogP) is 3.05. The predicted molar refractivity (Wildman–Crippen MR) is 71.0 cm³/mol. The quantitative estimate of drug-likeness (QED) is 0.715. The summed E-state index contributed by atoms with van der Waals surface area (Å²) in [4.78, 5) is 0. The van der Waals surface area contributed by atoms with Crippen LogP contribution in [-0.2, 0) is 0 Å². The number of benzene rings is 1. The minimum absolute atomic E-state index is 0.176. The van der Waals surface area contributed by atoms with Gasteiger partial charge < -0.3 is 11.1 Å². The number of hydrogen-bond acceptors (Lipinski definition) is 2. The molecular formula is C14H21F3N2. The van der Waals surface area contributed by atoms with E-state index in [-0.39, 0.29) is 12.3 Å². The Morgan fingerprint density at radius 2 is 1.79 bits per heavy atom. The minimum Gasteiger partial charge on any atom is -0.330 e. The fourth-order valence-corrected chi connectivity index (χ4v) is 1.91. The molecule has 0 saturated heterocycles. The van der Waals surface area contributed by atoms with Gasteiger partial charge in [0.05, 0.1) is 0 Å². The molecule has 19 heavy (non-hydrogen) atoms. The number of halogens is 3. The van der Waals surface area contributed by atoms with E-state index >= 15 is 0 Å². The van der Waals surface area contributed by atoms with Crippen molar-refractivity contribution in [3.05, 3.63) is 35.9 Å². The molecule has 0 aliphatic carbocycles. The number of hydrogen-bond donors (Lipinski definition) is 2. The van der Waals surface area contributed by atoms with Gasteiger partial charge >= 0.3 is 6.18 Å². The van der Waals surface area contributed by atoms with Crippen LogP contribution in [0.2, 0.25) is 0 Å². The number of alkyl halides is 3. The Bertz CT molecular complexity index is 338. The van der Waals surface area contributed by atoms with Crippen LogP contribution in [0, 0.1) is 0 Å². The summed E-state index contributed by atoms with van der Waals surface area (Å²) in [5, 5.41) is 3.17. The third kappa shape index (κ3) is 7.18. The SMILES string of the molecule is NCC(CNCCCCC(F)(F)F)c1ccccc1. The van der Waals surface area contributed by atoms with Crippen molar-refractivity contribution >= 4 is 0 Å². The zero-order chi connectivity index (χ0) is 14.1. The van der Waals surface area contributed by atoms with Crippen molar-refractivity contribution in [2.24, 2.45) is 5.73 Å². The van der Waals surface area contributed by atoms with Crippen LogP contribution in [0.15, 0.2) is 30.3 Å². The molecule has 0 radical (unpaired) electrons. The second-order valence-corrected chi connectivity index (χ2v) is 4.62. The summed E-state index contributed by atoms with van der Waals surface area (Å²) in [5.74, 6) is 0.212. The van der Waals surface area contributed by atoms with Crippen molar-refractivity contribution < 1.29 is 13.2 Å². The van der Waals surface area contributed by atoms with Crippen LogP contribution in [0.5, 0.6) is 0 Å². The largest absolute Gasteiger partial charge is 0.389 e. The summed E-state index contributed by atoms with van der Waals surface area (Å²) < 4.78 is 35.8. The zero-order valence-corrected chi connectivity index (χ0v) is 10.9. The van der Waals surface area contributed by atoms with Crippen molar-refractivity contribution in [3.8, 4) is 0 Å². The number of unbranched alkanes of at least 4 members (excludes halogenated alkanes) is 1. The van der Waals surface area contributed by atoms with E-state index in [1.165, 1.54) is 0 Å². The lowest BCUT2D eigenvalue weighted by atomic mass is 9.99. The minimum atomic E-state index is -4.04. The molecule has 0 spiro atoms. The summed E-state index contributed by atoms with van der Waals surface area (Å²) in [5.41, 5.74) is 6.87. The molecule has 2 nitrogen and oxygen atoms in total. The highest BCUT2D eigenvalue weighted by Crippen LogP contribution is 2.21. The van der Waals surface area contributed by atoms with Crippen molar-refractivity contribution in [3.63, 3.8) is 0 Å². The summed E-state index contributed by atoms with van der Waals surface area (Å²) in [7, 11) is 0. The normalized spacial score (nSPS) is 13.5. The first kappa shape index (κ1) is 16.0. The second-order valence-electron chi connectivity index (χ2n) is 4.62. The molecule has 0 amide bonds. The average Bonchev–Trinajstić information content (AvgIpc) is 2.38. The fraction of sp³-hybridized carbons (Fsp3) is 0.571. The molecule has 0 saturated carbocycles. The Kier molecular flexibility index (Phi) is 6.87. The van der Waals surface area contributed by atoms with E-state index in [1.54, 1.807) is 0 Å². The first-order valence-electron chi connectivity index (χ1n) is 6.55. The Morgan fingerprint density at radius 1 is 1.11 bits per heavy atom. The van der Waals surface area contributed by atoms with Gasteiger partial charge in [0.2, 0.25) is 0 Å². The molecule has 1 aromatic rings. The maximum Gasteiger partial charge on any atom is 0.389 e. The highest BCUT2D eigenvalue weighted by atomic mass is 19.4. The monoisotopic (exact) mass is 274 g/mol. The Labute approximate surface area is 112 Å². The van der Waals surface area contributed by atoms with Gasteiger partial charge in [-0.25, -0.2) is 0 Å². The average molecular weight is 274 g/mol. The molecule has 0 aliphatic heterocycles. The topological polar surface area (TPSA) is 38.0 Å². The van der Waals surface area contributed by atoms with Gasteiger partial charge in [-0.3, -0.25) is 0 Å². The van der Waals surface area contributed by atoms with E-state index in [2.05, 4.69) is 5.32 Å². The molecular weight excluding hydrogens is 253 g/mol. The van der Waals surface area contributed by atoms with Crippen molar-refractivity contribution in [1.82, 2.24) is 5.32 Å². The van der Waals surface area contributed by atoms with Gasteiger partial charge in [-0.2, -0.15) is 13.2 Å². The molecule has 1 aromatic carbocycles. The van der Waals surface area contributed by atoms with Crippen molar-refractivity contribution in [1.29, 1.82) is 0 Å². The molecule has 3 N–H and O–H groups in total. The molecule has 108 valence electrons. The Balaban J connectivity index is 2.17. The van der Waals surface area contributed by atoms with Gasteiger partial charge in [0, 0.05) is 25.4 Å². The fourth-order valence-electron chi connectivity index (χ4n) is 1.91. The van der Waals surface area contributed by atoms with E-state index in [0.717, 1.165) is 5.56 Å². The number of nitrogens with two attached hydrogens (primary N) is 1. The van der Waals surface area contributed by atoms with Crippen LogP contribution in [0.25, 0.3) is 0 Å². The van der Waals surface area contributed by atoms with Gasteiger partial charge in [0.1, 0.15) is 0 Å². The van der Waals surface area contributed by atoms with Crippen LogP contribution in [0.1, 0.15) is 30.7 Å². The Morgan fingerprint density at radius 3 is 2.37 bits per heavy atom. The van der Waals surface area contributed by atoms with Crippen molar-refractivity contribution in [2.45, 2.75) is 31.4 Å². The standard InChI is InChI=1S/C14H21F3N2/c15-14(16,17)8-4-5-9-19-11-13(10-18)12-6-2-1-3-7-12/h1-3,6-7,13,19H,4-5,8-11,18H2. The van der Waals surface area contributed by atoms with Crippen LogP contribution in [0.4, 0.5) is 13.2 Å². The van der Waals surface area contributed by atoms with Crippen LogP contribution < -0.4 is 11.1 Å². The molecule has 0 bridgehead atoms. The zero-order valence-electron chi connectivity index (χ0n) is 10.9. The number of rotatable bonds is 8. The Hall–Kier alpha value is -1.07. The maximum atomic E-state index is 11.9. The molecule has 0 heterocycles. The summed E-state index contributed by atoms with van der Waals surface area (Å²) in [6, 6.07) is 9.90. The lowest BCUT2D eigenvalue weighted by Gasteiger charge is -2.16. The maximum absolute atomic E-state index is 11.9. The molecule has 1 rings (SSSR count). The van der Waals surface area contributed by atoms with Gasteiger partial charge in [-0.1, -0.05) is 30.3 Å². The van der Waals surface area contributed by atoms with Gasteiger partial charge in [-0.05, 0) is 24.9 Å². The molecule has 1 atom stereocenters. The highest BCUT2D eigenvalue weighted by molar-refractivity contribution is 5.20. The molecule has 0 fully saturated rings. The molecule has 1 unspecified atom stereocenters. The third-order valence-corrected chi connectivity index (χ3v) is 3.01. The van der Waals surface area contributed by atoms with E-state index in [9.17, 15) is 13.2 Å². The summed E-state index contributed by atoms with van der Waals surface area (Å²) >= 11 is 0. The molecule has 5 heteroatoms. The van der Waals surface area contributed by atoms with Gasteiger partial charge in [0.25, 0.3) is 0 Å². The second kappa shape index (κ2) is 8.17.